The van der Waals surface area contributed by atoms with Crippen molar-refractivity contribution < 1.29 is 9.59 Å². The molecule has 1 atom stereocenters. The summed E-state index contributed by atoms with van der Waals surface area (Å²) in [4.78, 5) is 32.7. The van der Waals surface area contributed by atoms with Gasteiger partial charge in [0.05, 0.1) is 6.54 Å². The van der Waals surface area contributed by atoms with Gasteiger partial charge in [-0.1, -0.05) is 12.1 Å². The number of nitrogens with zero attached hydrogens (tertiary/aromatic N) is 3. The van der Waals surface area contributed by atoms with Crippen LogP contribution < -0.4 is 10.6 Å². The van der Waals surface area contributed by atoms with Crippen LogP contribution >= 0.6 is 0 Å². The van der Waals surface area contributed by atoms with Crippen LogP contribution in [0.15, 0.2) is 29.3 Å². The van der Waals surface area contributed by atoms with E-state index in [0.29, 0.717) is 31.1 Å². The summed E-state index contributed by atoms with van der Waals surface area (Å²) in [5, 5.41) is 6.55. The number of aliphatic imine (C=N–C) groups is 1. The second-order valence-corrected chi connectivity index (χ2v) is 8.02. The van der Waals surface area contributed by atoms with Crippen LogP contribution in [0.3, 0.4) is 0 Å². The Balaban J connectivity index is 1.83. The summed E-state index contributed by atoms with van der Waals surface area (Å²) in [7, 11) is 3.51. The molecule has 1 aromatic carbocycles. The number of guanidine groups is 1. The highest BCUT2D eigenvalue weighted by Crippen LogP contribution is 2.17. The van der Waals surface area contributed by atoms with Crippen molar-refractivity contribution in [2.45, 2.75) is 52.0 Å². The lowest BCUT2D eigenvalue weighted by Gasteiger charge is -2.33. The van der Waals surface area contributed by atoms with Crippen molar-refractivity contribution in [3.05, 3.63) is 35.4 Å². The number of nitrogens with one attached hydrogen (secondary N) is 2. The number of amides is 2. The highest BCUT2D eigenvalue weighted by Gasteiger charge is 2.22. The zero-order valence-corrected chi connectivity index (χ0v) is 18.9. The molecule has 0 aromatic heterocycles. The van der Waals surface area contributed by atoms with Crippen molar-refractivity contribution in [3.63, 3.8) is 0 Å². The fourth-order valence-corrected chi connectivity index (χ4v) is 3.66. The fraction of sp³-hybridized carbons (Fsp3) is 0.609. The predicted octanol–water partition coefficient (Wildman–Crippen LogP) is 2.28. The third-order valence-corrected chi connectivity index (χ3v) is 5.35. The van der Waals surface area contributed by atoms with Crippen molar-refractivity contribution in [1.29, 1.82) is 0 Å². The molecule has 2 amide bonds. The summed E-state index contributed by atoms with van der Waals surface area (Å²) in [6.45, 7) is 6.96. The van der Waals surface area contributed by atoms with Crippen LogP contribution in [0.4, 0.5) is 0 Å². The van der Waals surface area contributed by atoms with Gasteiger partial charge in [-0.3, -0.25) is 14.6 Å². The maximum atomic E-state index is 12.5. The summed E-state index contributed by atoms with van der Waals surface area (Å²) in [5.74, 6) is 0.925. The molecule has 0 saturated carbocycles. The van der Waals surface area contributed by atoms with Crippen molar-refractivity contribution >= 4 is 17.8 Å². The summed E-state index contributed by atoms with van der Waals surface area (Å²) in [6, 6.07) is 8.06. The molecule has 1 heterocycles. The molecule has 30 heavy (non-hydrogen) atoms. The first-order valence-corrected chi connectivity index (χ1v) is 11.0. The van der Waals surface area contributed by atoms with E-state index in [1.165, 1.54) is 6.42 Å². The molecule has 166 valence electrons. The molecular weight excluding hydrogens is 378 g/mol. The SMILES string of the molecule is CCNC(=NCCC(=O)N1CCCCC1C)NCCc1cccc(C(=O)N(C)C)c1. The van der Waals surface area contributed by atoms with Crippen molar-refractivity contribution in [1.82, 2.24) is 20.4 Å². The van der Waals surface area contributed by atoms with Gasteiger partial charge < -0.3 is 20.4 Å². The monoisotopic (exact) mass is 415 g/mol. The van der Waals surface area contributed by atoms with Crippen LogP contribution in [0, 0.1) is 0 Å². The molecule has 1 aliphatic heterocycles. The zero-order chi connectivity index (χ0) is 21.9. The van der Waals surface area contributed by atoms with Crippen LogP contribution in [-0.2, 0) is 11.2 Å². The molecule has 7 nitrogen and oxygen atoms in total. The zero-order valence-electron chi connectivity index (χ0n) is 18.9. The first-order valence-electron chi connectivity index (χ1n) is 11.0. The summed E-state index contributed by atoms with van der Waals surface area (Å²) >= 11 is 0. The van der Waals surface area contributed by atoms with Gasteiger partial charge in [-0.25, -0.2) is 0 Å². The van der Waals surface area contributed by atoms with Gasteiger partial charge in [0.2, 0.25) is 5.91 Å². The number of benzene rings is 1. The second kappa shape index (κ2) is 12.2. The third-order valence-electron chi connectivity index (χ3n) is 5.35. The van der Waals surface area contributed by atoms with Gasteiger partial charge in [-0.2, -0.15) is 0 Å². The topological polar surface area (TPSA) is 77.0 Å². The van der Waals surface area contributed by atoms with Crippen molar-refractivity contribution in [3.8, 4) is 0 Å². The van der Waals surface area contributed by atoms with Gasteiger partial charge in [0.15, 0.2) is 5.96 Å². The van der Waals surface area contributed by atoms with Gasteiger partial charge in [0.1, 0.15) is 0 Å². The number of piperidine rings is 1. The molecular formula is C23H37N5O2. The first kappa shape index (κ1) is 23.7. The predicted molar refractivity (Wildman–Crippen MR) is 122 cm³/mol. The normalized spacial score (nSPS) is 16.9. The first-order chi connectivity index (χ1) is 14.4. The smallest absolute Gasteiger partial charge is 0.253 e. The largest absolute Gasteiger partial charge is 0.357 e. The van der Waals surface area contributed by atoms with E-state index >= 15 is 0 Å². The standard InChI is InChI=1S/C23H37N5O2/c1-5-24-23(26-15-13-21(29)28-16-7-6-9-18(28)2)25-14-12-19-10-8-11-20(17-19)22(30)27(3)4/h8,10-11,17-18H,5-7,9,12-16H2,1-4H3,(H2,24,25,26). The molecule has 2 N–H and O–H groups in total. The van der Waals surface area contributed by atoms with E-state index in [2.05, 4.69) is 22.5 Å². The molecule has 0 bridgehead atoms. The molecule has 0 radical (unpaired) electrons. The average molecular weight is 416 g/mol. The van der Waals surface area contributed by atoms with Gasteiger partial charge >= 0.3 is 0 Å². The van der Waals surface area contributed by atoms with E-state index in [-0.39, 0.29) is 11.8 Å². The van der Waals surface area contributed by atoms with Gasteiger partial charge in [-0.05, 0) is 57.2 Å². The summed E-state index contributed by atoms with van der Waals surface area (Å²) in [5.41, 5.74) is 1.80. The van der Waals surface area contributed by atoms with Crippen LogP contribution in [0.1, 0.15) is 55.5 Å². The van der Waals surface area contributed by atoms with E-state index in [1.54, 1.807) is 19.0 Å². The Bertz CT molecular complexity index is 732. The van der Waals surface area contributed by atoms with Crippen LogP contribution in [0.5, 0.6) is 0 Å². The summed E-state index contributed by atoms with van der Waals surface area (Å²) in [6.07, 6.45) is 4.63. The minimum atomic E-state index is 0.00685. The molecule has 1 saturated heterocycles. The van der Waals surface area contributed by atoms with E-state index in [4.69, 9.17) is 0 Å². The lowest BCUT2D eigenvalue weighted by atomic mass is 10.0. The number of hydrogen-bond donors (Lipinski definition) is 2. The Hall–Kier alpha value is -2.57. The second-order valence-electron chi connectivity index (χ2n) is 8.02. The lowest BCUT2D eigenvalue weighted by Crippen LogP contribution is -2.42. The molecule has 2 rings (SSSR count). The Labute approximate surface area is 180 Å². The number of carbonyl (C=O) groups excluding carboxylic acids is 2. The molecule has 0 aliphatic carbocycles. The van der Waals surface area contributed by atoms with Crippen molar-refractivity contribution in [2.75, 3.05) is 40.3 Å². The van der Waals surface area contributed by atoms with Crippen LogP contribution in [0.25, 0.3) is 0 Å². The Kier molecular flexibility index (Phi) is 9.64. The van der Waals surface area contributed by atoms with Crippen molar-refractivity contribution in [2.24, 2.45) is 4.99 Å². The third kappa shape index (κ3) is 7.35. The van der Waals surface area contributed by atoms with Crippen LogP contribution in [-0.4, -0.2) is 73.9 Å². The minimum absolute atomic E-state index is 0.00685. The highest BCUT2D eigenvalue weighted by atomic mass is 16.2. The van der Waals surface area contributed by atoms with E-state index in [9.17, 15) is 9.59 Å². The quantitative estimate of drug-likeness (QED) is 0.504. The van der Waals surface area contributed by atoms with E-state index < -0.39 is 0 Å². The van der Waals surface area contributed by atoms with Gasteiger partial charge in [0, 0.05) is 51.8 Å². The maximum absolute atomic E-state index is 12.5. The Morgan fingerprint density at radius 3 is 2.73 bits per heavy atom. The molecule has 1 aliphatic rings. The van der Waals surface area contributed by atoms with E-state index in [1.807, 2.05) is 36.1 Å². The molecule has 1 fully saturated rings. The Morgan fingerprint density at radius 1 is 1.23 bits per heavy atom. The van der Waals surface area contributed by atoms with Gasteiger partial charge in [0.25, 0.3) is 5.91 Å². The highest BCUT2D eigenvalue weighted by molar-refractivity contribution is 5.94. The van der Waals surface area contributed by atoms with Gasteiger partial charge in [-0.15, -0.1) is 0 Å². The fourth-order valence-electron chi connectivity index (χ4n) is 3.66. The average Bonchev–Trinajstić information content (AvgIpc) is 2.73. The maximum Gasteiger partial charge on any atom is 0.253 e. The lowest BCUT2D eigenvalue weighted by molar-refractivity contribution is -0.134. The number of rotatable bonds is 8. The Morgan fingerprint density at radius 2 is 2.03 bits per heavy atom. The number of carbonyl (C=O) groups is 2. The number of likely N-dealkylation sites (tertiary alicyclic amines) is 1. The molecule has 7 heteroatoms. The molecule has 0 spiro atoms. The minimum Gasteiger partial charge on any atom is -0.357 e. The summed E-state index contributed by atoms with van der Waals surface area (Å²) < 4.78 is 0. The molecule has 1 unspecified atom stereocenters. The van der Waals surface area contributed by atoms with E-state index in [0.717, 1.165) is 43.9 Å². The number of hydrogen-bond acceptors (Lipinski definition) is 3. The van der Waals surface area contributed by atoms with Crippen LogP contribution in [0.2, 0.25) is 0 Å². The molecule has 1 aromatic rings.